The van der Waals surface area contributed by atoms with Crippen LogP contribution in [0.4, 0.5) is 8.78 Å². The van der Waals surface area contributed by atoms with Gasteiger partial charge in [0.05, 0.1) is 11.0 Å². The van der Waals surface area contributed by atoms with Gasteiger partial charge in [0.25, 0.3) is 5.92 Å². The first kappa shape index (κ1) is 30.0. The van der Waals surface area contributed by atoms with E-state index in [1.165, 1.54) is 41.3 Å². The third-order valence-electron chi connectivity index (χ3n) is 9.47. The summed E-state index contributed by atoms with van der Waals surface area (Å²) in [6.07, 6.45) is 6.86. The topological polar surface area (TPSA) is 92.9 Å². The van der Waals surface area contributed by atoms with Crippen LogP contribution in [0.3, 0.4) is 0 Å². The molecule has 2 unspecified atom stereocenters. The van der Waals surface area contributed by atoms with E-state index in [0.29, 0.717) is 41.1 Å². The van der Waals surface area contributed by atoms with Crippen LogP contribution < -0.4 is 10.5 Å². The molecule has 2 N–H and O–H groups in total. The zero-order chi connectivity index (χ0) is 30.5. The molecule has 1 amide bonds. The molecule has 3 fully saturated rings. The first-order valence-electron chi connectivity index (χ1n) is 15.2. The van der Waals surface area contributed by atoms with Gasteiger partial charge in [-0.1, -0.05) is 42.0 Å². The molecule has 3 atom stereocenters. The molecule has 3 aromatic carbocycles. The van der Waals surface area contributed by atoms with Crippen molar-refractivity contribution < 1.29 is 26.7 Å². The Balaban J connectivity index is 1.35. The van der Waals surface area contributed by atoms with E-state index in [1.807, 2.05) is 6.07 Å². The van der Waals surface area contributed by atoms with Crippen LogP contribution in [-0.4, -0.2) is 60.8 Å². The number of amides is 1. The highest BCUT2D eigenvalue weighted by Gasteiger charge is 2.56. The zero-order valence-corrected chi connectivity index (χ0v) is 25.4. The van der Waals surface area contributed by atoms with Gasteiger partial charge >= 0.3 is 0 Å². The second-order valence-electron chi connectivity index (χ2n) is 12.5. The number of carbonyl (C=O) groups excluding carboxylic acids is 1. The second kappa shape index (κ2) is 11.4. The Kier molecular flexibility index (Phi) is 7.98. The average molecular weight is 612 g/mol. The number of piperidine rings is 1. The summed E-state index contributed by atoms with van der Waals surface area (Å²) in [6.45, 7) is 1.78. The van der Waals surface area contributed by atoms with Gasteiger partial charge < -0.3 is 15.4 Å². The molecule has 2 aliphatic heterocycles. The highest BCUT2D eigenvalue weighted by atomic mass is 32.2. The molecule has 1 saturated carbocycles. The summed E-state index contributed by atoms with van der Waals surface area (Å²) >= 11 is 0. The second-order valence-corrected chi connectivity index (χ2v) is 14.5. The van der Waals surface area contributed by atoms with Gasteiger partial charge in [-0.25, -0.2) is 8.42 Å². The van der Waals surface area contributed by atoms with E-state index >= 15 is 8.78 Å². The van der Waals surface area contributed by atoms with Crippen molar-refractivity contribution in [2.45, 2.75) is 99.4 Å². The van der Waals surface area contributed by atoms with Crippen LogP contribution in [0.5, 0.6) is 5.75 Å². The molecule has 0 aromatic heterocycles. The van der Waals surface area contributed by atoms with Gasteiger partial charge in [0.2, 0.25) is 15.9 Å². The molecule has 0 radical (unpaired) electrons. The van der Waals surface area contributed by atoms with Gasteiger partial charge in [-0.05, 0) is 93.3 Å². The number of benzene rings is 3. The fourth-order valence-electron chi connectivity index (χ4n) is 7.13. The predicted octanol–water partition coefficient (Wildman–Crippen LogP) is 5.73. The number of halogens is 2. The lowest BCUT2D eigenvalue weighted by Crippen LogP contribution is -2.61. The number of hydrogen-bond donors (Lipinski definition) is 1. The van der Waals surface area contributed by atoms with Crippen molar-refractivity contribution >= 4 is 26.7 Å². The van der Waals surface area contributed by atoms with Crippen molar-refractivity contribution in [2.75, 3.05) is 7.05 Å². The third kappa shape index (κ3) is 5.65. The van der Waals surface area contributed by atoms with Gasteiger partial charge in [-0.2, -0.15) is 13.1 Å². The highest BCUT2D eigenvalue weighted by molar-refractivity contribution is 7.89. The first-order chi connectivity index (χ1) is 20.4. The van der Waals surface area contributed by atoms with E-state index in [0.717, 1.165) is 43.7 Å². The summed E-state index contributed by atoms with van der Waals surface area (Å²) in [5, 5.41) is 1.40. The molecule has 3 aromatic rings. The minimum atomic E-state index is -4.52. The van der Waals surface area contributed by atoms with E-state index < -0.39 is 33.5 Å². The Morgan fingerprint density at radius 1 is 0.953 bits per heavy atom. The molecule has 43 heavy (non-hydrogen) atoms. The SMILES string of the molecule is Cc1ccc(C(F)(F)[C@@H](C(=O)N2C3CCC2CC(N)C3)N(C)S(=O)(=O)c2ccc3cc(OC4CCCC4)ccc3c2)cc1. The molecule has 3 aliphatic rings. The number of fused-ring (bicyclic) bond motifs is 3. The van der Waals surface area contributed by atoms with Crippen LogP contribution in [0.25, 0.3) is 10.8 Å². The van der Waals surface area contributed by atoms with Crippen LogP contribution in [0.2, 0.25) is 0 Å². The Morgan fingerprint density at radius 2 is 1.56 bits per heavy atom. The Morgan fingerprint density at radius 3 is 2.21 bits per heavy atom. The van der Waals surface area contributed by atoms with Gasteiger partial charge in [0, 0.05) is 30.7 Å². The molecule has 2 heterocycles. The van der Waals surface area contributed by atoms with Crippen molar-refractivity contribution in [2.24, 2.45) is 5.73 Å². The van der Waals surface area contributed by atoms with Crippen molar-refractivity contribution in [3.63, 3.8) is 0 Å². The van der Waals surface area contributed by atoms with E-state index in [-0.39, 0.29) is 29.1 Å². The molecule has 2 saturated heterocycles. The van der Waals surface area contributed by atoms with Crippen molar-refractivity contribution in [3.8, 4) is 5.75 Å². The fraction of sp³-hybridized carbons (Fsp3) is 0.485. The summed E-state index contributed by atoms with van der Waals surface area (Å²) in [4.78, 5) is 15.5. The highest BCUT2D eigenvalue weighted by Crippen LogP contribution is 2.42. The number of carbonyl (C=O) groups is 1. The van der Waals surface area contributed by atoms with Crippen LogP contribution in [0, 0.1) is 6.92 Å². The van der Waals surface area contributed by atoms with E-state index in [1.54, 1.807) is 25.1 Å². The number of alkyl halides is 2. The summed E-state index contributed by atoms with van der Waals surface area (Å²) < 4.78 is 67.7. The van der Waals surface area contributed by atoms with E-state index in [4.69, 9.17) is 10.5 Å². The molecule has 230 valence electrons. The first-order valence-corrected chi connectivity index (χ1v) is 16.6. The normalized spacial score (nSPS) is 23.7. The largest absolute Gasteiger partial charge is 0.490 e. The standard InChI is InChI=1S/C33H39F2N3O4S/c1-21-7-11-24(12-8-21)33(34,35)31(32(39)38-26-13-14-27(38)20-25(36)19-26)37(2)43(40,41)30-16-10-22-17-29(15-9-23(22)18-30)42-28-5-3-4-6-28/h7-12,15-18,25-28,31H,3-6,13-14,19-20,36H2,1-2H3/t25?,26?,27?,31-/m1/s1. The monoisotopic (exact) mass is 611 g/mol. The number of sulfonamides is 1. The molecule has 2 bridgehead atoms. The van der Waals surface area contributed by atoms with Gasteiger partial charge in [-0.3, -0.25) is 4.79 Å². The number of nitrogens with two attached hydrogens (primary N) is 1. The minimum Gasteiger partial charge on any atom is -0.490 e. The van der Waals surface area contributed by atoms with Crippen LogP contribution in [0.15, 0.2) is 65.6 Å². The molecule has 10 heteroatoms. The van der Waals surface area contributed by atoms with Crippen LogP contribution in [-0.2, 0) is 20.7 Å². The fourth-order valence-corrected chi connectivity index (χ4v) is 8.48. The van der Waals surface area contributed by atoms with Gasteiger partial charge in [0.1, 0.15) is 5.75 Å². The summed E-state index contributed by atoms with van der Waals surface area (Å²) in [5.41, 5.74) is 6.55. The third-order valence-corrected chi connectivity index (χ3v) is 11.3. The number of nitrogens with zero attached hydrogens (tertiary/aromatic N) is 2. The number of rotatable bonds is 8. The molecule has 6 rings (SSSR count). The molecule has 7 nitrogen and oxygen atoms in total. The van der Waals surface area contributed by atoms with E-state index in [9.17, 15) is 13.2 Å². The number of aryl methyl sites for hydroxylation is 1. The lowest BCUT2D eigenvalue weighted by Gasteiger charge is -2.42. The van der Waals surface area contributed by atoms with Crippen molar-refractivity contribution in [1.29, 1.82) is 0 Å². The number of likely N-dealkylation sites (N-methyl/N-ethyl adjacent to an activating group) is 1. The Bertz CT molecular complexity index is 1590. The average Bonchev–Trinajstić information content (AvgIpc) is 3.58. The summed E-state index contributed by atoms with van der Waals surface area (Å²) in [5.74, 6) is -3.97. The molecular formula is C33H39F2N3O4S. The van der Waals surface area contributed by atoms with Crippen molar-refractivity contribution in [1.82, 2.24) is 9.21 Å². The van der Waals surface area contributed by atoms with E-state index in [2.05, 4.69) is 0 Å². The Labute approximate surface area is 252 Å². The maximum Gasteiger partial charge on any atom is 0.298 e. The smallest absolute Gasteiger partial charge is 0.298 e. The van der Waals surface area contributed by atoms with Crippen LogP contribution in [0.1, 0.15) is 62.5 Å². The van der Waals surface area contributed by atoms with Crippen LogP contribution >= 0.6 is 0 Å². The molecule has 0 spiro atoms. The van der Waals surface area contributed by atoms with Gasteiger partial charge in [0.15, 0.2) is 6.04 Å². The zero-order valence-electron chi connectivity index (χ0n) is 24.6. The summed E-state index contributed by atoms with van der Waals surface area (Å²) in [7, 11) is -3.43. The maximum atomic E-state index is 16.5. The Hall–Kier alpha value is -3.08. The quantitative estimate of drug-likeness (QED) is 0.351. The lowest BCUT2D eigenvalue weighted by atomic mass is 9.94. The van der Waals surface area contributed by atoms with Crippen molar-refractivity contribution in [3.05, 3.63) is 71.8 Å². The minimum absolute atomic E-state index is 0.110. The predicted molar refractivity (Wildman–Crippen MR) is 162 cm³/mol. The maximum absolute atomic E-state index is 16.5. The molecule has 1 aliphatic carbocycles. The number of hydrogen-bond acceptors (Lipinski definition) is 5. The lowest BCUT2D eigenvalue weighted by molar-refractivity contribution is -0.154. The molecular weight excluding hydrogens is 572 g/mol. The summed E-state index contributed by atoms with van der Waals surface area (Å²) in [6, 6.07) is 12.6. The number of ether oxygens (including phenoxy) is 1. The van der Waals surface area contributed by atoms with Gasteiger partial charge in [-0.15, -0.1) is 0 Å².